The second-order valence-electron chi connectivity index (χ2n) is 8.33. The summed E-state index contributed by atoms with van der Waals surface area (Å²) >= 11 is 0. The van der Waals surface area contributed by atoms with Crippen molar-refractivity contribution in [2.24, 2.45) is 0 Å². The molecule has 2 aromatic rings. The molecule has 2 heterocycles. The van der Waals surface area contributed by atoms with E-state index >= 15 is 0 Å². The van der Waals surface area contributed by atoms with Gasteiger partial charge in [0, 0.05) is 43.6 Å². The van der Waals surface area contributed by atoms with E-state index in [0.717, 1.165) is 31.9 Å². The van der Waals surface area contributed by atoms with Crippen molar-refractivity contribution in [3.8, 4) is 0 Å². The number of aryl methyl sites for hydroxylation is 1. The van der Waals surface area contributed by atoms with E-state index in [2.05, 4.69) is 52.1 Å². The second kappa shape index (κ2) is 7.59. The summed E-state index contributed by atoms with van der Waals surface area (Å²) in [5.41, 5.74) is 5.37. The molecule has 1 saturated heterocycles. The number of rotatable bonds is 3. The summed E-state index contributed by atoms with van der Waals surface area (Å²) in [6, 6.07) is 8.44. The van der Waals surface area contributed by atoms with E-state index in [4.69, 9.17) is 0 Å². The molecule has 1 aliphatic rings. The van der Waals surface area contributed by atoms with Crippen LogP contribution in [0.4, 0.5) is 11.4 Å². The van der Waals surface area contributed by atoms with Gasteiger partial charge in [0.05, 0.1) is 17.4 Å². The predicted octanol–water partition coefficient (Wildman–Crippen LogP) is 3.55. The number of amides is 1. The molecule has 1 amide bonds. The molecule has 144 valence electrons. The van der Waals surface area contributed by atoms with Crippen LogP contribution < -0.4 is 15.1 Å². The van der Waals surface area contributed by atoms with Gasteiger partial charge in [-0.15, -0.1) is 0 Å². The summed E-state index contributed by atoms with van der Waals surface area (Å²) in [5, 5.41) is 3.00. The lowest BCUT2D eigenvalue weighted by molar-refractivity contribution is 0.0919. The minimum atomic E-state index is -0.260. The van der Waals surface area contributed by atoms with E-state index in [1.54, 1.807) is 6.20 Å². The van der Waals surface area contributed by atoms with Crippen LogP contribution in [0.1, 0.15) is 42.3 Å². The Labute approximate surface area is 162 Å². The van der Waals surface area contributed by atoms with Gasteiger partial charge in [0.2, 0.25) is 0 Å². The average molecular weight is 367 g/mol. The SMILES string of the molecule is Cc1cccc(N2CCN(c3cncc(C(=O)NC(C)(C)C)c3)CC2)c1C. The molecule has 1 aromatic heterocycles. The average Bonchev–Trinajstić information content (AvgIpc) is 2.63. The highest BCUT2D eigenvalue weighted by atomic mass is 16.1. The normalized spacial score (nSPS) is 15.0. The molecule has 3 rings (SSSR count). The van der Waals surface area contributed by atoms with Gasteiger partial charge in [0.25, 0.3) is 5.91 Å². The number of pyridine rings is 1. The Bertz CT molecular complexity index is 817. The molecule has 0 radical (unpaired) electrons. The smallest absolute Gasteiger partial charge is 0.253 e. The van der Waals surface area contributed by atoms with Crippen molar-refractivity contribution in [2.75, 3.05) is 36.0 Å². The third kappa shape index (κ3) is 4.59. The Morgan fingerprint density at radius 2 is 1.70 bits per heavy atom. The molecule has 1 aromatic carbocycles. The lowest BCUT2D eigenvalue weighted by Crippen LogP contribution is -2.47. The quantitative estimate of drug-likeness (QED) is 0.902. The molecule has 0 aliphatic carbocycles. The first-order valence-corrected chi connectivity index (χ1v) is 9.58. The van der Waals surface area contributed by atoms with E-state index in [1.165, 1.54) is 16.8 Å². The van der Waals surface area contributed by atoms with Crippen molar-refractivity contribution in [3.05, 3.63) is 53.3 Å². The molecule has 1 N–H and O–H groups in total. The van der Waals surface area contributed by atoms with Crippen LogP contribution in [0.15, 0.2) is 36.7 Å². The maximum Gasteiger partial charge on any atom is 0.253 e. The van der Waals surface area contributed by atoms with E-state index < -0.39 is 0 Å². The Morgan fingerprint density at radius 3 is 2.37 bits per heavy atom. The fourth-order valence-corrected chi connectivity index (χ4v) is 3.42. The minimum Gasteiger partial charge on any atom is -0.368 e. The number of carbonyl (C=O) groups is 1. The largest absolute Gasteiger partial charge is 0.368 e. The molecule has 1 fully saturated rings. The van der Waals surface area contributed by atoms with Crippen molar-refractivity contribution in [1.82, 2.24) is 10.3 Å². The zero-order chi connectivity index (χ0) is 19.6. The highest BCUT2D eigenvalue weighted by Gasteiger charge is 2.21. The maximum absolute atomic E-state index is 12.4. The first kappa shape index (κ1) is 19.2. The number of hydrogen-bond acceptors (Lipinski definition) is 4. The molecule has 0 saturated carbocycles. The summed E-state index contributed by atoms with van der Waals surface area (Å²) in [6.45, 7) is 14.1. The first-order chi connectivity index (χ1) is 12.7. The first-order valence-electron chi connectivity index (χ1n) is 9.58. The predicted molar refractivity (Wildman–Crippen MR) is 112 cm³/mol. The number of hydrogen-bond donors (Lipinski definition) is 1. The van der Waals surface area contributed by atoms with Crippen LogP contribution in [0.25, 0.3) is 0 Å². The zero-order valence-electron chi connectivity index (χ0n) is 17.0. The van der Waals surface area contributed by atoms with Gasteiger partial charge in [-0.1, -0.05) is 12.1 Å². The number of anilines is 2. The number of benzene rings is 1. The highest BCUT2D eigenvalue weighted by Crippen LogP contribution is 2.25. The Balaban J connectivity index is 1.69. The number of piperazine rings is 1. The number of aromatic nitrogens is 1. The van der Waals surface area contributed by atoms with Gasteiger partial charge < -0.3 is 15.1 Å². The van der Waals surface area contributed by atoms with Crippen molar-refractivity contribution < 1.29 is 4.79 Å². The van der Waals surface area contributed by atoms with Gasteiger partial charge >= 0.3 is 0 Å². The van der Waals surface area contributed by atoms with Crippen molar-refractivity contribution >= 4 is 17.3 Å². The molecule has 5 nitrogen and oxygen atoms in total. The third-order valence-electron chi connectivity index (χ3n) is 5.04. The van der Waals surface area contributed by atoms with Crippen molar-refractivity contribution in [2.45, 2.75) is 40.2 Å². The lowest BCUT2D eigenvalue weighted by atomic mass is 10.1. The second-order valence-corrected chi connectivity index (χ2v) is 8.33. The van der Waals surface area contributed by atoms with Crippen LogP contribution in [0.5, 0.6) is 0 Å². The Morgan fingerprint density at radius 1 is 1.04 bits per heavy atom. The summed E-state index contributed by atoms with van der Waals surface area (Å²) in [5.74, 6) is -0.0779. The van der Waals surface area contributed by atoms with Gasteiger partial charge in [0.1, 0.15) is 0 Å². The topological polar surface area (TPSA) is 48.5 Å². The summed E-state index contributed by atoms with van der Waals surface area (Å²) in [6.07, 6.45) is 3.48. The number of nitrogens with one attached hydrogen (secondary N) is 1. The molecule has 27 heavy (non-hydrogen) atoms. The Kier molecular flexibility index (Phi) is 5.40. The fourth-order valence-electron chi connectivity index (χ4n) is 3.42. The van der Waals surface area contributed by atoms with Gasteiger partial charge in [-0.05, 0) is 57.9 Å². The van der Waals surface area contributed by atoms with Crippen LogP contribution in [0.3, 0.4) is 0 Å². The molecule has 0 unspecified atom stereocenters. The van der Waals surface area contributed by atoms with Crippen LogP contribution in [-0.2, 0) is 0 Å². The minimum absolute atomic E-state index is 0.0779. The van der Waals surface area contributed by atoms with Crippen molar-refractivity contribution in [1.29, 1.82) is 0 Å². The van der Waals surface area contributed by atoms with Crippen LogP contribution in [0.2, 0.25) is 0 Å². The van der Waals surface area contributed by atoms with Crippen molar-refractivity contribution in [3.63, 3.8) is 0 Å². The summed E-state index contributed by atoms with van der Waals surface area (Å²) in [4.78, 5) is 21.5. The van der Waals surface area contributed by atoms with Crippen LogP contribution in [-0.4, -0.2) is 42.6 Å². The van der Waals surface area contributed by atoms with E-state index in [-0.39, 0.29) is 11.4 Å². The fraction of sp³-hybridized carbons (Fsp3) is 0.455. The molecular formula is C22H30N4O. The summed E-state index contributed by atoms with van der Waals surface area (Å²) < 4.78 is 0. The third-order valence-corrected chi connectivity index (χ3v) is 5.04. The zero-order valence-corrected chi connectivity index (χ0v) is 17.0. The molecule has 0 spiro atoms. The number of nitrogens with zero attached hydrogens (tertiary/aromatic N) is 3. The molecule has 1 aliphatic heterocycles. The van der Waals surface area contributed by atoms with Gasteiger partial charge in [-0.2, -0.15) is 0 Å². The van der Waals surface area contributed by atoms with Gasteiger partial charge in [0.15, 0.2) is 0 Å². The lowest BCUT2D eigenvalue weighted by Gasteiger charge is -2.38. The molecular weight excluding hydrogens is 336 g/mol. The maximum atomic E-state index is 12.4. The van der Waals surface area contributed by atoms with Gasteiger partial charge in [-0.25, -0.2) is 0 Å². The van der Waals surface area contributed by atoms with E-state index in [9.17, 15) is 4.79 Å². The molecule has 0 atom stereocenters. The Hall–Kier alpha value is -2.56. The van der Waals surface area contributed by atoms with E-state index in [1.807, 2.05) is 33.0 Å². The van der Waals surface area contributed by atoms with Gasteiger partial charge in [-0.3, -0.25) is 9.78 Å². The standard InChI is InChI=1S/C22H30N4O/c1-16-7-6-8-20(17(16)2)26-11-9-25(10-12-26)19-13-18(14-23-15-19)21(27)24-22(3,4)5/h6-8,13-15H,9-12H2,1-5H3,(H,24,27). The van der Waals surface area contributed by atoms with Crippen LogP contribution in [0, 0.1) is 13.8 Å². The summed E-state index contributed by atoms with van der Waals surface area (Å²) in [7, 11) is 0. The monoisotopic (exact) mass is 366 g/mol. The van der Waals surface area contributed by atoms with Crippen LogP contribution >= 0.6 is 0 Å². The number of carbonyl (C=O) groups excluding carboxylic acids is 1. The molecule has 5 heteroatoms. The van der Waals surface area contributed by atoms with E-state index in [0.29, 0.717) is 5.56 Å². The molecule has 0 bridgehead atoms. The highest BCUT2D eigenvalue weighted by molar-refractivity contribution is 5.95.